The molecule has 1 aliphatic carbocycles. The molecule has 0 amide bonds. The fourth-order valence-electron chi connectivity index (χ4n) is 2.08. The summed E-state index contributed by atoms with van der Waals surface area (Å²) in [6.45, 7) is 5.98. The van der Waals surface area contributed by atoms with Crippen LogP contribution in [-0.2, 0) is 14.3 Å². The Kier molecular flexibility index (Phi) is 7.61. The summed E-state index contributed by atoms with van der Waals surface area (Å²) < 4.78 is 14.3. The molecule has 1 rings (SSSR count). The van der Waals surface area contributed by atoms with Crippen LogP contribution >= 0.6 is 0 Å². The van der Waals surface area contributed by atoms with Crippen LogP contribution in [0, 0.1) is 5.41 Å². The van der Waals surface area contributed by atoms with Crippen molar-refractivity contribution in [3.05, 3.63) is 0 Å². The van der Waals surface area contributed by atoms with Crippen LogP contribution in [0.2, 0.25) is 0 Å². The zero-order valence-corrected chi connectivity index (χ0v) is 14.7. The van der Waals surface area contributed by atoms with Gasteiger partial charge in [0.15, 0.2) is 0 Å². The molecule has 0 aliphatic heterocycles. The summed E-state index contributed by atoms with van der Waals surface area (Å²) in [5.41, 5.74) is -0.508. The number of nitrogens with one attached hydrogen (secondary N) is 1. The van der Waals surface area contributed by atoms with Gasteiger partial charge in [0.1, 0.15) is 0 Å². The fourth-order valence-corrected chi connectivity index (χ4v) is 3.79. The Morgan fingerprint density at radius 1 is 1.37 bits per heavy atom. The first-order valence-electron chi connectivity index (χ1n) is 7.01. The van der Waals surface area contributed by atoms with Gasteiger partial charge < -0.3 is 0 Å². The molecule has 0 bridgehead atoms. The van der Waals surface area contributed by atoms with E-state index < -0.39 is 5.41 Å². The van der Waals surface area contributed by atoms with E-state index in [9.17, 15) is 4.79 Å². The third kappa shape index (κ3) is 5.55. The summed E-state index contributed by atoms with van der Waals surface area (Å²) in [5, 5.41) is 0. The molecule has 0 aromatic heterocycles. The van der Waals surface area contributed by atoms with Crippen LogP contribution in [0.3, 0.4) is 0 Å². The second-order valence-electron chi connectivity index (χ2n) is 5.72. The standard InChI is InChI=1S/C14H27INO3/c1-11(16-15-4)14(2,3)13(17)19-10-18-12-8-6-5-7-9-12/h11-12,16H,5-10H2,1-4H3/q-1. The number of carbonyl (C=O) groups excluding carboxylic acids is 1. The van der Waals surface area contributed by atoms with Crippen molar-refractivity contribution in [2.45, 2.75) is 65.0 Å². The van der Waals surface area contributed by atoms with Gasteiger partial charge in [-0.2, -0.15) is 0 Å². The summed E-state index contributed by atoms with van der Waals surface area (Å²) in [4.78, 5) is 14.2. The van der Waals surface area contributed by atoms with Crippen molar-refractivity contribution in [1.29, 1.82) is 0 Å². The molecule has 4 nitrogen and oxygen atoms in total. The van der Waals surface area contributed by atoms with Crippen molar-refractivity contribution in [3.63, 3.8) is 0 Å². The molecule has 0 spiro atoms. The molecule has 1 aliphatic rings. The monoisotopic (exact) mass is 384 g/mol. The van der Waals surface area contributed by atoms with Gasteiger partial charge in [-0.15, -0.1) is 0 Å². The Balaban J connectivity index is 2.29. The quantitative estimate of drug-likeness (QED) is 0.211. The number of hydrogen-bond donors (Lipinski definition) is 1. The molecule has 0 aromatic rings. The van der Waals surface area contributed by atoms with Gasteiger partial charge in [-0.05, 0) is 0 Å². The Morgan fingerprint density at radius 3 is 2.58 bits per heavy atom. The summed E-state index contributed by atoms with van der Waals surface area (Å²) >= 11 is -0.0378. The second-order valence-corrected chi connectivity index (χ2v) is 7.42. The third-order valence-corrected chi connectivity index (χ3v) is 5.48. The topological polar surface area (TPSA) is 47.6 Å². The number of hydrogen-bond acceptors (Lipinski definition) is 4. The zero-order chi connectivity index (χ0) is 14.3. The maximum absolute atomic E-state index is 12.1. The molecule has 1 unspecified atom stereocenters. The summed E-state index contributed by atoms with van der Waals surface area (Å²) in [7, 11) is 0. The number of ether oxygens (including phenoxy) is 2. The van der Waals surface area contributed by atoms with E-state index in [2.05, 4.69) is 8.46 Å². The molecule has 1 atom stereocenters. The van der Waals surface area contributed by atoms with Gasteiger partial charge in [-0.1, -0.05) is 0 Å². The van der Waals surface area contributed by atoms with E-state index in [0.29, 0.717) is 0 Å². The van der Waals surface area contributed by atoms with Crippen LogP contribution in [0.15, 0.2) is 0 Å². The molecule has 1 saturated carbocycles. The average molecular weight is 384 g/mol. The molecule has 5 heteroatoms. The van der Waals surface area contributed by atoms with Crippen LogP contribution in [0.5, 0.6) is 0 Å². The molecule has 0 aromatic carbocycles. The van der Waals surface area contributed by atoms with E-state index in [1.54, 1.807) is 0 Å². The van der Waals surface area contributed by atoms with E-state index in [1.807, 2.05) is 20.8 Å². The summed E-state index contributed by atoms with van der Waals surface area (Å²) in [5.74, 6) is -0.180. The molecule has 114 valence electrons. The zero-order valence-electron chi connectivity index (χ0n) is 12.5. The third-order valence-electron chi connectivity index (χ3n) is 3.93. The van der Waals surface area contributed by atoms with Crippen LogP contribution in [0.25, 0.3) is 0 Å². The molecule has 0 radical (unpaired) electrons. The van der Waals surface area contributed by atoms with E-state index in [-0.39, 0.29) is 46.4 Å². The minimum absolute atomic E-state index is 0.0378. The van der Waals surface area contributed by atoms with E-state index in [4.69, 9.17) is 9.47 Å². The van der Waals surface area contributed by atoms with E-state index in [0.717, 1.165) is 12.8 Å². The van der Waals surface area contributed by atoms with Crippen molar-refractivity contribution in [3.8, 4) is 0 Å². The van der Waals surface area contributed by atoms with Gasteiger partial charge in [-0.3, -0.25) is 0 Å². The predicted octanol–water partition coefficient (Wildman–Crippen LogP) is -0.525. The first kappa shape index (κ1) is 17.2. The molecule has 1 N–H and O–H groups in total. The Bertz CT molecular complexity index is 278. The van der Waals surface area contributed by atoms with Crippen LogP contribution in [0.1, 0.15) is 52.9 Å². The number of halogens is 1. The molecular formula is C14H27INO3-. The SMILES string of the molecule is C[I-]NC(C)C(C)(C)C(=O)OCOC1CCCCC1. The van der Waals surface area contributed by atoms with Crippen LogP contribution in [-0.4, -0.2) is 29.8 Å². The van der Waals surface area contributed by atoms with Crippen LogP contribution in [0.4, 0.5) is 0 Å². The molecule has 0 saturated heterocycles. The van der Waals surface area contributed by atoms with Crippen molar-refractivity contribution < 1.29 is 35.7 Å². The van der Waals surface area contributed by atoms with Gasteiger partial charge in [-0.25, -0.2) is 0 Å². The summed E-state index contributed by atoms with van der Waals surface area (Å²) in [6.07, 6.45) is 6.23. The number of rotatable bonds is 7. The van der Waals surface area contributed by atoms with Crippen molar-refractivity contribution >= 4 is 5.97 Å². The second kappa shape index (κ2) is 8.42. The van der Waals surface area contributed by atoms with Gasteiger partial charge in [0.05, 0.1) is 0 Å². The average Bonchev–Trinajstić information content (AvgIpc) is 2.40. The van der Waals surface area contributed by atoms with Gasteiger partial charge in [0, 0.05) is 0 Å². The molecule has 0 heterocycles. The Hall–Kier alpha value is 0.120. The Labute approximate surface area is 127 Å². The number of alkyl halides is 1. The Morgan fingerprint density at radius 2 is 2.00 bits per heavy atom. The van der Waals surface area contributed by atoms with E-state index in [1.165, 1.54) is 19.3 Å². The first-order valence-corrected chi connectivity index (χ1v) is 10.2. The first-order chi connectivity index (χ1) is 8.98. The summed E-state index contributed by atoms with van der Waals surface area (Å²) in [6, 6.07) is 0.132. The number of carbonyl (C=O) groups is 1. The minimum atomic E-state index is -0.508. The molecular weight excluding hydrogens is 357 g/mol. The predicted molar refractivity (Wildman–Crippen MR) is 71.2 cm³/mol. The van der Waals surface area contributed by atoms with Crippen molar-refractivity contribution in [2.75, 3.05) is 11.7 Å². The van der Waals surface area contributed by atoms with Crippen molar-refractivity contribution in [2.24, 2.45) is 5.41 Å². The molecule has 1 fully saturated rings. The maximum atomic E-state index is 12.1. The van der Waals surface area contributed by atoms with Gasteiger partial charge >= 0.3 is 127 Å². The molecule has 19 heavy (non-hydrogen) atoms. The van der Waals surface area contributed by atoms with E-state index >= 15 is 0 Å². The normalized spacial score (nSPS) is 19.4. The van der Waals surface area contributed by atoms with Gasteiger partial charge in [0.25, 0.3) is 0 Å². The number of esters is 1. The van der Waals surface area contributed by atoms with Crippen molar-refractivity contribution in [1.82, 2.24) is 3.53 Å². The van der Waals surface area contributed by atoms with Crippen LogP contribution < -0.4 is 25.0 Å². The fraction of sp³-hybridized carbons (Fsp3) is 0.929. The van der Waals surface area contributed by atoms with Gasteiger partial charge in [0.2, 0.25) is 0 Å².